The topological polar surface area (TPSA) is 62.5 Å². The number of urea groups is 1. The number of carbonyl (C=O) groups is 1. The van der Waals surface area contributed by atoms with Gasteiger partial charge < -0.3 is 14.3 Å². The Morgan fingerprint density at radius 3 is 3.00 bits per heavy atom. The molecule has 0 spiro atoms. The number of aryl methyl sites for hydroxylation is 1. The molecule has 0 radical (unpaired) electrons. The van der Waals surface area contributed by atoms with Gasteiger partial charge in [-0.2, -0.15) is 4.98 Å². The standard InChI is InChI=1S/C14H22N4O2/c1-4-11-15-12(16-20-11)14-7-5-6-10(14)8-18(9-14)13(19)17(2)3/h10H,4-9H2,1-3H3/t10-,14-/m1/s1. The van der Waals surface area contributed by atoms with E-state index in [1.807, 2.05) is 11.8 Å². The van der Waals surface area contributed by atoms with Gasteiger partial charge >= 0.3 is 6.03 Å². The fraction of sp³-hybridized carbons (Fsp3) is 0.786. The third kappa shape index (κ3) is 1.89. The van der Waals surface area contributed by atoms with Crippen molar-refractivity contribution in [1.29, 1.82) is 0 Å². The first-order valence-electron chi connectivity index (χ1n) is 7.36. The molecule has 2 fully saturated rings. The summed E-state index contributed by atoms with van der Waals surface area (Å²) in [5.41, 5.74) is -0.0808. The van der Waals surface area contributed by atoms with Gasteiger partial charge in [0.15, 0.2) is 5.82 Å². The largest absolute Gasteiger partial charge is 0.339 e. The summed E-state index contributed by atoms with van der Waals surface area (Å²) in [7, 11) is 3.60. The molecule has 1 aromatic rings. The van der Waals surface area contributed by atoms with Crippen molar-refractivity contribution in [1.82, 2.24) is 19.9 Å². The highest BCUT2D eigenvalue weighted by molar-refractivity contribution is 5.74. The third-order valence-electron chi connectivity index (χ3n) is 4.74. The van der Waals surface area contributed by atoms with E-state index >= 15 is 0 Å². The molecule has 110 valence electrons. The highest BCUT2D eigenvalue weighted by Crippen LogP contribution is 2.49. The van der Waals surface area contributed by atoms with Crippen molar-refractivity contribution in [2.24, 2.45) is 5.92 Å². The summed E-state index contributed by atoms with van der Waals surface area (Å²) < 4.78 is 5.30. The van der Waals surface area contributed by atoms with E-state index in [4.69, 9.17) is 4.52 Å². The fourth-order valence-corrected chi connectivity index (χ4v) is 3.68. The summed E-state index contributed by atoms with van der Waals surface area (Å²) in [5.74, 6) is 1.97. The van der Waals surface area contributed by atoms with E-state index < -0.39 is 0 Å². The summed E-state index contributed by atoms with van der Waals surface area (Å²) in [6.07, 6.45) is 4.14. The summed E-state index contributed by atoms with van der Waals surface area (Å²) in [4.78, 5) is 20.3. The van der Waals surface area contributed by atoms with Crippen molar-refractivity contribution >= 4 is 6.03 Å². The Hall–Kier alpha value is -1.59. The van der Waals surface area contributed by atoms with E-state index in [-0.39, 0.29) is 11.4 Å². The summed E-state index contributed by atoms with van der Waals surface area (Å²) in [5, 5.41) is 4.20. The number of likely N-dealkylation sites (tertiary alicyclic amines) is 1. The molecule has 0 aromatic carbocycles. The van der Waals surface area contributed by atoms with E-state index in [1.54, 1.807) is 19.0 Å². The quantitative estimate of drug-likeness (QED) is 0.825. The lowest BCUT2D eigenvalue weighted by atomic mass is 9.80. The Bertz CT molecular complexity index is 513. The third-order valence-corrected chi connectivity index (χ3v) is 4.74. The van der Waals surface area contributed by atoms with Gasteiger partial charge in [0.2, 0.25) is 5.89 Å². The van der Waals surface area contributed by atoms with Gasteiger partial charge in [0.05, 0.1) is 5.41 Å². The second kappa shape index (κ2) is 4.75. The minimum Gasteiger partial charge on any atom is -0.339 e. The SMILES string of the molecule is CCc1nc([C@@]23CCC[C@@H]2CN(C(=O)N(C)C)C3)no1. The molecule has 2 aliphatic rings. The summed E-state index contributed by atoms with van der Waals surface area (Å²) >= 11 is 0. The van der Waals surface area contributed by atoms with E-state index in [0.29, 0.717) is 11.8 Å². The van der Waals surface area contributed by atoms with Gasteiger partial charge in [-0.3, -0.25) is 0 Å². The first-order chi connectivity index (χ1) is 9.56. The van der Waals surface area contributed by atoms with Gasteiger partial charge in [-0.15, -0.1) is 0 Å². The lowest BCUT2D eigenvalue weighted by molar-refractivity contribution is 0.176. The number of rotatable bonds is 2. The Balaban J connectivity index is 1.88. The van der Waals surface area contributed by atoms with Gasteiger partial charge in [0, 0.05) is 33.6 Å². The van der Waals surface area contributed by atoms with Crippen LogP contribution in [0.1, 0.15) is 37.9 Å². The summed E-state index contributed by atoms with van der Waals surface area (Å²) in [6.45, 7) is 3.54. The van der Waals surface area contributed by atoms with Crippen LogP contribution >= 0.6 is 0 Å². The zero-order valence-corrected chi connectivity index (χ0v) is 12.4. The van der Waals surface area contributed by atoms with E-state index in [1.165, 1.54) is 6.42 Å². The molecule has 0 bridgehead atoms. The lowest BCUT2D eigenvalue weighted by Gasteiger charge is -2.26. The van der Waals surface area contributed by atoms with Crippen LogP contribution < -0.4 is 0 Å². The number of hydrogen-bond acceptors (Lipinski definition) is 4. The number of nitrogens with zero attached hydrogens (tertiary/aromatic N) is 4. The maximum atomic E-state index is 12.2. The molecule has 2 amide bonds. The molecular formula is C14H22N4O2. The predicted octanol–water partition coefficient (Wildman–Crippen LogP) is 1.67. The summed E-state index contributed by atoms with van der Waals surface area (Å²) in [6, 6.07) is 0.0815. The normalized spacial score (nSPS) is 28.8. The Labute approximate surface area is 119 Å². The highest BCUT2D eigenvalue weighted by Gasteiger charge is 2.54. The smallest absolute Gasteiger partial charge is 0.319 e. The molecule has 1 aromatic heterocycles. The Morgan fingerprint density at radius 2 is 2.35 bits per heavy atom. The highest BCUT2D eigenvalue weighted by atomic mass is 16.5. The van der Waals surface area contributed by atoms with E-state index in [9.17, 15) is 4.79 Å². The van der Waals surface area contributed by atoms with Crippen LogP contribution in [-0.2, 0) is 11.8 Å². The second-order valence-corrected chi connectivity index (χ2v) is 6.17. The van der Waals surface area contributed by atoms with Crippen LogP contribution in [0.15, 0.2) is 4.52 Å². The van der Waals surface area contributed by atoms with Crippen LogP contribution in [0.3, 0.4) is 0 Å². The van der Waals surface area contributed by atoms with Gasteiger partial charge in [0.1, 0.15) is 0 Å². The van der Waals surface area contributed by atoms with Crippen LogP contribution in [0.4, 0.5) is 4.79 Å². The Morgan fingerprint density at radius 1 is 1.55 bits per heavy atom. The number of carbonyl (C=O) groups excluding carboxylic acids is 1. The van der Waals surface area contributed by atoms with Crippen molar-refractivity contribution in [3.8, 4) is 0 Å². The first kappa shape index (κ1) is 13.4. The van der Waals surface area contributed by atoms with Gasteiger partial charge in [-0.05, 0) is 18.8 Å². The zero-order chi connectivity index (χ0) is 14.3. The molecule has 20 heavy (non-hydrogen) atoms. The molecule has 1 aliphatic carbocycles. The molecule has 6 nitrogen and oxygen atoms in total. The van der Waals surface area contributed by atoms with E-state index in [0.717, 1.165) is 38.2 Å². The maximum Gasteiger partial charge on any atom is 0.319 e. The minimum absolute atomic E-state index is 0.0808. The molecule has 6 heteroatoms. The van der Waals surface area contributed by atoms with Crippen LogP contribution in [0.5, 0.6) is 0 Å². The number of aromatic nitrogens is 2. The van der Waals surface area contributed by atoms with Crippen LogP contribution in [0.2, 0.25) is 0 Å². The molecule has 0 N–H and O–H groups in total. The van der Waals surface area contributed by atoms with Crippen LogP contribution in [-0.4, -0.2) is 53.2 Å². The molecule has 1 aliphatic heterocycles. The van der Waals surface area contributed by atoms with Gasteiger partial charge in [-0.25, -0.2) is 4.79 Å². The molecule has 3 rings (SSSR count). The molecule has 0 unspecified atom stereocenters. The number of hydrogen-bond donors (Lipinski definition) is 0. The zero-order valence-electron chi connectivity index (χ0n) is 12.4. The maximum absolute atomic E-state index is 12.2. The monoisotopic (exact) mass is 278 g/mol. The second-order valence-electron chi connectivity index (χ2n) is 6.17. The van der Waals surface area contributed by atoms with Crippen LogP contribution in [0, 0.1) is 5.92 Å². The van der Waals surface area contributed by atoms with Crippen LogP contribution in [0.25, 0.3) is 0 Å². The lowest BCUT2D eigenvalue weighted by Crippen LogP contribution is -2.40. The van der Waals surface area contributed by atoms with Crippen molar-refractivity contribution in [3.05, 3.63) is 11.7 Å². The number of fused-ring (bicyclic) bond motifs is 1. The number of amides is 2. The van der Waals surface area contributed by atoms with Gasteiger partial charge in [0.25, 0.3) is 0 Å². The average Bonchev–Trinajstić information content (AvgIpc) is 3.10. The van der Waals surface area contributed by atoms with Gasteiger partial charge in [-0.1, -0.05) is 18.5 Å². The molecule has 2 heterocycles. The average molecular weight is 278 g/mol. The first-order valence-corrected chi connectivity index (χ1v) is 7.36. The Kier molecular flexibility index (Phi) is 3.18. The molecule has 1 saturated carbocycles. The van der Waals surface area contributed by atoms with Crippen molar-refractivity contribution < 1.29 is 9.32 Å². The van der Waals surface area contributed by atoms with Crippen molar-refractivity contribution in [2.75, 3.05) is 27.2 Å². The molecule has 2 atom stereocenters. The van der Waals surface area contributed by atoms with Crippen molar-refractivity contribution in [2.45, 2.75) is 38.0 Å². The fourth-order valence-electron chi connectivity index (χ4n) is 3.68. The van der Waals surface area contributed by atoms with Crippen molar-refractivity contribution in [3.63, 3.8) is 0 Å². The molecular weight excluding hydrogens is 256 g/mol. The molecule has 1 saturated heterocycles. The van der Waals surface area contributed by atoms with E-state index in [2.05, 4.69) is 10.1 Å². The minimum atomic E-state index is -0.0808. The predicted molar refractivity (Wildman–Crippen MR) is 73.4 cm³/mol.